The normalized spacial score (nSPS) is 13.2. The lowest BCUT2D eigenvalue weighted by molar-refractivity contribution is -0.131. The van der Waals surface area contributed by atoms with Gasteiger partial charge in [-0.2, -0.15) is 0 Å². The minimum atomic E-state index is -0.922. The smallest absolute Gasteiger partial charge is 0.328 e. The van der Waals surface area contributed by atoms with Gasteiger partial charge in [-0.05, 0) is 43.4 Å². The maximum atomic E-state index is 10.6. The quantitative estimate of drug-likeness (QED) is 0.210. The van der Waals surface area contributed by atoms with Crippen LogP contribution in [0, 0.1) is 0 Å². The fourth-order valence-corrected chi connectivity index (χ4v) is 2.94. The summed E-state index contributed by atoms with van der Waals surface area (Å²) in [6.45, 7) is 6.06. The first-order chi connectivity index (χ1) is 14.0. The molecule has 0 aliphatic rings. The summed E-state index contributed by atoms with van der Waals surface area (Å²) in [6.07, 6.45) is 24.7. The zero-order valence-electron chi connectivity index (χ0n) is 18.2. The fourth-order valence-electron chi connectivity index (χ4n) is 2.94. The van der Waals surface area contributed by atoms with E-state index in [1.807, 2.05) is 19.1 Å². The van der Waals surface area contributed by atoms with Gasteiger partial charge >= 0.3 is 5.97 Å². The van der Waals surface area contributed by atoms with Crippen molar-refractivity contribution in [2.75, 3.05) is 0 Å². The van der Waals surface area contributed by atoms with Crippen molar-refractivity contribution < 1.29 is 9.90 Å². The van der Waals surface area contributed by atoms with E-state index in [0.29, 0.717) is 5.57 Å². The van der Waals surface area contributed by atoms with Gasteiger partial charge in [0.05, 0.1) is 0 Å². The Bertz CT molecular complexity index is 760. The standard InChI is InChI=1S/C27H36O2/c1-4-5-6-7-8-9-10-11-17-25-18-12-13-19-26(25)21-20-23(2)15-14-16-24(3)22-27(28)29/h11-22H,4-10H2,1-3H3,(H,28,29)/b16-14+,17-11-,21-20-,23-15+,24-22+. The van der Waals surface area contributed by atoms with Gasteiger partial charge in [-0.15, -0.1) is 0 Å². The molecule has 2 nitrogen and oxygen atoms in total. The second kappa shape index (κ2) is 15.3. The molecule has 0 radical (unpaired) electrons. The van der Waals surface area contributed by atoms with E-state index in [-0.39, 0.29) is 0 Å². The van der Waals surface area contributed by atoms with E-state index in [0.717, 1.165) is 12.0 Å². The predicted molar refractivity (Wildman–Crippen MR) is 127 cm³/mol. The van der Waals surface area contributed by atoms with Crippen LogP contribution in [0.5, 0.6) is 0 Å². The van der Waals surface area contributed by atoms with Gasteiger partial charge in [0.15, 0.2) is 0 Å². The van der Waals surface area contributed by atoms with Crippen molar-refractivity contribution in [1.29, 1.82) is 0 Å². The summed E-state index contributed by atoms with van der Waals surface area (Å²) in [4.78, 5) is 10.6. The van der Waals surface area contributed by atoms with E-state index in [1.165, 1.54) is 55.7 Å². The average Bonchev–Trinajstić information content (AvgIpc) is 2.68. The molecule has 0 atom stereocenters. The maximum Gasteiger partial charge on any atom is 0.328 e. The van der Waals surface area contributed by atoms with Gasteiger partial charge in [0.25, 0.3) is 0 Å². The number of benzene rings is 1. The lowest BCUT2D eigenvalue weighted by Crippen LogP contribution is -1.87. The number of carboxylic acid groups (broad SMARTS) is 1. The lowest BCUT2D eigenvalue weighted by Gasteiger charge is -2.01. The average molecular weight is 393 g/mol. The highest BCUT2D eigenvalue weighted by Gasteiger charge is 1.95. The summed E-state index contributed by atoms with van der Waals surface area (Å²) in [6, 6.07) is 8.41. The lowest BCUT2D eigenvalue weighted by atomic mass is 10.0. The number of rotatable bonds is 13. The van der Waals surface area contributed by atoms with Gasteiger partial charge in [0, 0.05) is 6.08 Å². The number of hydrogen-bond donors (Lipinski definition) is 1. The molecule has 1 N–H and O–H groups in total. The molecule has 0 spiro atoms. The Hall–Kier alpha value is -2.61. The summed E-state index contributed by atoms with van der Waals surface area (Å²) in [5.41, 5.74) is 4.25. The molecule has 0 unspecified atom stereocenters. The molecule has 29 heavy (non-hydrogen) atoms. The fraction of sp³-hybridized carbons (Fsp3) is 0.370. The molecular weight excluding hydrogens is 356 g/mol. The summed E-state index contributed by atoms with van der Waals surface area (Å²) in [5.74, 6) is -0.922. The van der Waals surface area contributed by atoms with E-state index < -0.39 is 5.97 Å². The molecule has 0 aromatic heterocycles. The topological polar surface area (TPSA) is 37.3 Å². The number of hydrogen-bond acceptors (Lipinski definition) is 1. The van der Waals surface area contributed by atoms with Crippen LogP contribution in [0.3, 0.4) is 0 Å². The van der Waals surface area contributed by atoms with Crippen molar-refractivity contribution in [3.05, 3.63) is 83.0 Å². The number of allylic oxidation sites excluding steroid dienone is 7. The summed E-state index contributed by atoms with van der Waals surface area (Å²) >= 11 is 0. The van der Waals surface area contributed by atoms with Crippen LogP contribution in [0.1, 0.15) is 76.8 Å². The number of aliphatic carboxylic acids is 1. The summed E-state index contributed by atoms with van der Waals surface area (Å²) < 4.78 is 0. The molecule has 1 aromatic rings. The molecule has 0 fully saturated rings. The third-order valence-electron chi connectivity index (χ3n) is 4.61. The van der Waals surface area contributed by atoms with Crippen molar-refractivity contribution in [1.82, 2.24) is 0 Å². The van der Waals surface area contributed by atoms with Crippen molar-refractivity contribution in [3.8, 4) is 0 Å². The van der Waals surface area contributed by atoms with E-state index >= 15 is 0 Å². The van der Waals surface area contributed by atoms with Crippen LogP contribution in [0.25, 0.3) is 12.2 Å². The predicted octanol–water partition coefficient (Wildman–Crippen LogP) is 8.00. The summed E-state index contributed by atoms with van der Waals surface area (Å²) in [7, 11) is 0. The third kappa shape index (κ3) is 12.5. The summed E-state index contributed by atoms with van der Waals surface area (Å²) in [5, 5.41) is 8.72. The van der Waals surface area contributed by atoms with Crippen molar-refractivity contribution in [2.24, 2.45) is 0 Å². The number of unbranched alkanes of at least 4 members (excludes halogenated alkanes) is 6. The molecule has 0 aliphatic heterocycles. The second-order valence-corrected chi connectivity index (χ2v) is 7.42. The van der Waals surface area contributed by atoms with E-state index in [2.05, 4.69) is 55.5 Å². The van der Waals surface area contributed by atoms with E-state index in [9.17, 15) is 4.79 Å². The number of carboxylic acids is 1. The third-order valence-corrected chi connectivity index (χ3v) is 4.61. The Kier molecular flexibility index (Phi) is 12.9. The molecule has 0 heterocycles. The molecule has 156 valence electrons. The zero-order chi connectivity index (χ0) is 21.3. The zero-order valence-corrected chi connectivity index (χ0v) is 18.2. The molecule has 0 saturated heterocycles. The SMILES string of the molecule is CCCCCCCC/C=C\c1ccccc1\C=C/C(C)=C/C=C/C(C)=C/C(=O)O. The van der Waals surface area contributed by atoms with Crippen LogP contribution >= 0.6 is 0 Å². The minimum absolute atomic E-state index is 0.714. The van der Waals surface area contributed by atoms with Gasteiger partial charge in [0.1, 0.15) is 0 Å². The van der Waals surface area contributed by atoms with Crippen molar-refractivity contribution in [3.63, 3.8) is 0 Å². The Morgan fingerprint density at radius 3 is 2.24 bits per heavy atom. The highest BCUT2D eigenvalue weighted by Crippen LogP contribution is 2.15. The van der Waals surface area contributed by atoms with Crippen LogP contribution in [0.2, 0.25) is 0 Å². The molecule has 1 aromatic carbocycles. The first-order valence-electron chi connectivity index (χ1n) is 10.7. The Morgan fingerprint density at radius 1 is 0.897 bits per heavy atom. The highest BCUT2D eigenvalue weighted by atomic mass is 16.4. The Morgan fingerprint density at radius 2 is 1.55 bits per heavy atom. The minimum Gasteiger partial charge on any atom is -0.478 e. The maximum absolute atomic E-state index is 10.6. The van der Waals surface area contributed by atoms with E-state index in [4.69, 9.17) is 5.11 Å². The molecule has 0 aliphatic carbocycles. The molecule has 0 amide bonds. The first kappa shape index (κ1) is 24.4. The Balaban J connectivity index is 2.60. The Labute approximate surface area is 177 Å². The first-order valence-corrected chi connectivity index (χ1v) is 10.7. The van der Waals surface area contributed by atoms with Gasteiger partial charge in [0.2, 0.25) is 0 Å². The monoisotopic (exact) mass is 392 g/mol. The van der Waals surface area contributed by atoms with E-state index in [1.54, 1.807) is 13.0 Å². The van der Waals surface area contributed by atoms with Crippen molar-refractivity contribution in [2.45, 2.75) is 65.7 Å². The molecule has 2 heteroatoms. The van der Waals surface area contributed by atoms with Gasteiger partial charge in [-0.3, -0.25) is 0 Å². The molecule has 0 bridgehead atoms. The van der Waals surface area contributed by atoms with Gasteiger partial charge in [-0.25, -0.2) is 4.79 Å². The molecule has 1 rings (SSSR count). The van der Waals surface area contributed by atoms with Crippen LogP contribution in [0.4, 0.5) is 0 Å². The van der Waals surface area contributed by atoms with Gasteiger partial charge < -0.3 is 5.11 Å². The van der Waals surface area contributed by atoms with Gasteiger partial charge in [-0.1, -0.05) is 111 Å². The van der Waals surface area contributed by atoms with Crippen LogP contribution in [-0.4, -0.2) is 11.1 Å². The largest absolute Gasteiger partial charge is 0.478 e. The number of carbonyl (C=O) groups is 1. The second-order valence-electron chi connectivity index (χ2n) is 7.42. The van der Waals surface area contributed by atoms with Crippen LogP contribution < -0.4 is 0 Å². The molecule has 0 saturated carbocycles. The highest BCUT2D eigenvalue weighted by molar-refractivity contribution is 5.81. The van der Waals surface area contributed by atoms with Crippen LogP contribution in [0.15, 0.2) is 71.9 Å². The van der Waals surface area contributed by atoms with Crippen LogP contribution in [-0.2, 0) is 4.79 Å². The molecular formula is C27H36O2. The van der Waals surface area contributed by atoms with Crippen molar-refractivity contribution >= 4 is 18.1 Å².